The van der Waals surface area contributed by atoms with Crippen LogP contribution in [0, 0.1) is 0 Å². The number of aliphatic hydroxyl groups excluding tert-OH is 1. The largest absolute Gasteiger partial charge is 0.497 e. The number of fused-ring (bicyclic) bond motifs is 2. The summed E-state index contributed by atoms with van der Waals surface area (Å²) in [4.78, 5) is 54.7. The molecule has 0 saturated heterocycles. The number of β-amino-alcohol motifs (C(OH)–C–C–N with tert-alkyl or cyclic N) is 1. The van der Waals surface area contributed by atoms with Gasteiger partial charge in [0.25, 0.3) is 23.6 Å². The molecule has 11 heteroatoms. The highest BCUT2D eigenvalue weighted by Gasteiger charge is 2.40. The maximum atomic E-state index is 13.7. The fourth-order valence-electron chi connectivity index (χ4n) is 6.67. The summed E-state index contributed by atoms with van der Waals surface area (Å²) in [7, 11) is 3.20. The summed E-state index contributed by atoms with van der Waals surface area (Å²) < 4.78 is 23.7. The van der Waals surface area contributed by atoms with Crippen molar-refractivity contribution in [2.75, 3.05) is 40.5 Å². The maximum absolute atomic E-state index is 13.7. The predicted octanol–water partition coefficient (Wildman–Crippen LogP) is 5.69. The van der Waals surface area contributed by atoms with E-state index in [0.717, 1.165) is 26.5 Å². The molecule has 2 heterocycles. The van der Waals surface area contributed by atoms with Gasteiger partial charge in [0.05, 0.1) is 62.8 Å². The van der Waals surface area contributed by atoms with Crippen LogP contribution in [-0.2, 0) is 10.3 Å². The van der Waals surface area contributed by atoms with Crippen molar-refractivity contribution in [2.24, 2.45) is 0 Å². The first kappa shape index (κ1) is 34.2. The molecule has 262 valence electrons. The molecule has 0 aliphatic carbocycles. The highest BCUT2D eigenvalue weighted by molar-refractivity contribution is 6.22. The van der Waals surface area contributed by atoms with E-state index in [9.17, 15) is 24.3 Å². The zero-order chi connectivity index (χ0) is 36.4. The molecule has 0 spiro atoms. The van der Waals surface area contributed by atoms with Gasteiger partial charge in [-0.1, -0.05) is 54.6 Å². The van der Waals surface area contributed by atoms with Gasteiger partial charge in [-0.15, -0.1) is 0 Å². The fraction of sp³-hybridized carbons (Fsp3) is 0.171. The number of carbonyl (C=O) groups excluding carboxylic acids is 4. The van der Waals surface area contributed by atoms with Gasteiger partial charge in [-0.3, -0.25) is 29.0 Å². The van der Waals surface area contributed by atoms with Crippen LogP contribution in [0.3, 0.4) is 0 Å². The third kappa shape index (κ3) is 5.95. The van der Waals surface area contributed by atoms with Crippen molar-refractivity contribution >= 4 is 23.6 Å². The van der Waals surface area contributed by atoms with Gasteiger partial charge in [0.2, 0.25) is 0 Å². The Morgan fingerprint density at radius 3 is 1.40 bits per heavy atom. The molecule has 2 aliphatic heterocycles. The van der Waals surface area contributed by atoms with Crippen molar-refractivity contribution in [3.8, 4) is 23.0 Å². The Morgan fingerprint density at radius 2 is 0.942 bits per heavy atom. The maximum Gasteiger partial charge on any atom is 0.261 e. The minimum absolute atomic E-state index is 0.00302. The Balaban J connectivity index is 1.13. The number of benzene rings is 5. The molecule has 11 nitrogen and oxygen atoms in total. The molecule has 52 heavy (non-hydrogen) atoms. The average molecular weight is 699 g/mol. The number of ether oxygens (including phenoxy) is 4. The molecule has 2 aliphatic rings. The molecular formula is C41H34N2O9. The van der Waals surface area contributed by atoms with E-state index in [1.807, 2.05) is 78.9 Å². The molecule has 5 aromatic rings. The highest BCUT2D eigenvalue weighted by atomic mass is 16.5. The molecule has 4 amide bonds. The molecule has 0 atom stereocenters. The zero-order valence-corrected chi connectivity index (χ0v) is 28.4. The van der Waals surface area contributed by atoms with Gasteiger partial charge in [0, 0.05) is 0 Å². The normalized spacial score (nSPS) is 13.8. The summed E-state index contributed by atoms with van der Waals surface area (Å²) in [5.41, 5.74) is 2.11. The summed E-state index contributed by atoms with van der Waals surface area (Å²) in [6, 6.07) is 33.9. The summed E-state index contributed by atoms with van der Waals surface area (Å²) in [5.74, 6) is -0.0742. The molecule has 0 aromatic heterocycles. The lowest BCUT2D eigenvalue weighted by Gasteiger charge is -2.36. The Hall–Kier alpha value is -6.30. The van der Waals surface area contributed by atoms with Crippen LogP contribution in [-0.4, -0.2) is 79.1 Å². The SMILES string of the molecule is COc1ccc(C(OCCN2C(=O)c3ccc(Oc4ccc5c(c4)C(=O)N(CCO)C5=O)cc3C2=O)(c2ccccc2)c2ccc(OC)cc2)cc1. The Bertz CT molecular complexity index is 2120. The number of imide groups is 2. The van der Waals surface area contributed by atoms with Gasteiger partial charge in [0.1, 0.15) is 28.6 Å². The molecule has 0 bridgehead atoms. The number of nitrogens with zero attached hydrogens (tertiary/aromatic N) is 2. The molecular weight excluding hydrogens is 664 g/mol. The van der Waals surface area contributed by atoms with Crippen LogP contribution in [0.5, 0.6) is 23.0 Å². The van der Waals surface area contributed by atoms with E-state index in [-0.39, 0.29) is 60.1 Å². The van der Waals surface area contributed by atoms with E-state index < -0.39 is 29.2 Å². The van der Waals surface area contributed by atoms with Crippen LogP contribution < -0.4 is 14.2 Å². The quantitative estimate of drug-likeness (QED) is 0.122. The summed E-state index contributed by atoms with van der Waals surface area (Å²) in [5, 5.41) is 9.24. The third-order valence-electron chi connectivity index (χ3n) is 9.25. The average Bonchev–Trinajstić information content (AvgIpc) is 3.56. The summed E-state index contributed by atoms with van der Waals surface area (Å²) in [6.07, 6.45) is 0. The fourth-order valence-corrected chi connectivity index (χ4v) is 6.67. The van der Waals surface area contributed by atoms with Crippen LogP contribution in [0.1, 0.15) is 58.1 Å². The number of carbonyl (C=O) groups is 4. The lowest BCUT2D eigenvalue weighted by Crippen LogP contribution is -2.38. The van der Waals surface area contributed by atoms with E-state index in [1.165, 1.54) is 24.3 Å². The molecule has 0 unspecified atom stereocenters. The Kier molecular flexibility index (Phi) is 9.29. The van der Waals surface area contributed by atoms with Crippen LogP contribution in [0.15, 0.2) is 115 Å². The van der Waals surface area contributed by atoms with Gasteiger partial charge >= 0.3 is 0 Å². The van der Waals surface area contributed by atoms with Crippen LogP contribution in [0.4, 0.5) is 0 Å². The van der Waals surface area contributed by atoms with Crippen molar-refractivity contribution in [1.29, 1.82) is 0 Å². The van der Waals surface area contributed by atoms with E-state index in [2.05, 4.69) is 0 Å². The number of hydrogen-bond acceptors (Lipinski definition) is 9. The molecule has 7 rings (SSSR count). The van der Waals surface area contributed by atoms with E-state index >= 15 is 0 Å². The minimum Gasteiger partial charge on any atom is -0.497 e. The second kappa shape index (κ2) is 14.1. The lowest BCUT2D eigenvalue weighted by molar-refractivity contribution is 0.00334. The Morgan fingerprint density at radius 1 is 0.519 bits per heavy atom. The number of hydrogen-bond donors (Lipinski definition) is 1. The first-order valence-corrected chi connectivity index (χ1v) is 16.6. The zero-order valence-electron chi connectivity index (χ0n) is 28.4. The molecule has 1 N–H and O–H groups in total. The van der Waals surface area contributed by atoms with Crippen molar-refractivity contribution < 1.29 is 43.2 Å². The van der Waals surface area contributed by atoms with Gasteiger partial charge < -0.3 is 24.1 Å². The second-order valence-electron chi connectivity index (χ2n) is 12.1. The monoisotopic (exact) mass is 698 g/mol. The van der Waals surface area contributed by atoms with E-state index in [0.29, 0.717) is 11.5 Å². The van der Waals surface area contributed by atoms with Crippen molar-refractivity contribution in [1.82, 2.24) is 9.80 Å². The molecule has 5 aromatic carbocycles. The van der Waals surface area contributed by atoms with E-state index in [4.69, 9.17) is 18.9 Å². The van der Waals surface area contributed by atoms with Gasteiger partial charge in [-0.2, -0.15) is 0 Å². The molecule has 0 saturated carbocycles. The predicted molar refractivity (Wildman–Crippen MR) is 189 cm³/mol. The highest BCUT2D eigenvalue weighted by Crippen LogP contribution is 2.42. The lowest BCUT2D eigenvalue weighted by atomic mass is 9.80. The van der Waals surface area contributed by atoms with Crippen molar-refractivity contribution in [2.45, 2.75) is 5.60 Å². The number of methoxy groups -OCH3 is 2. The number of rotatable bonds is 13. The third-order valence-corrected chi connectivity index (χ3v) is 9.25. The molecule has 0 fully saturated rings. The first-order chi connectivity index (χ1) is 25.3. The van der Waals surface area contributed by atoms with Crippen LogP contribution in [0.25, 0.3) is 0 Å². The number of aliphatic hydroxyl groups is 1. The van der Waals surface area contributed by atoms with Crippen LogP contribution >= 0.6 is 0 Å². The standard InChI is InChI=1S/C41H34N2O9/c1-49-29-12-8-27(9-13-29)41(26-6-4-3-5-7-26,28-10-14-30(50-2)15-11-28)51-23-21-43-38(46)34-19-17-32(25-36(34)40(43)48)52-31-16-18-33-35(24-31)39(47)42(20-22-44)37(33)45/h3-19,24-25,44H,20-23H2,1-2H3. The second-order valence-corrected chi connectivity index (χ2v) is 12.1. The van der Waals surface area contributed by atoms with Crippen molar-refractivity contribution in [3.05, 3.63) is 154 Å². The smallest absolute Gasteiger partial charge is 0.261 e. The van der Waals surface area contributed by atoms with Gasteiger partial charge in [0.15, 0.2) is 0 Å². The van der Waals surface area contributed by atoms with E-state index in [1.54, 1.807) is 26.4 Å². The summed E-state index contributed by atoms with van der Waals surface area (Å²) >= 11 is 0. The Labute approximate surface area is 299 Å². The van der Waals surface area contributed by atoms with Gasteiger partial charge in [-0.05, 0) is 77.4 Å². The van der Waals surface area contributed by atoms with Crippen molar-refractivity contribution in [3.63, 3.8) is 0 Å². The van der Waals surface area contributed by atoms with Gasteiger partial charge in [-0.25, -0.2) is 0 Å². The first-order valence-electron chi connectivity index (χ1n) is 16.6. The topological polar surface area (TPSA) is 132 Å². The molecule has 0 radical (unpaired) electrons. The summed E-state index contributed by atoms with van der Waals surface area (Å²) in [6.45, 7) is -0.494. The van der Waals surface area contributed by atoms with Crippen LogP contribution in [0.2, 0.25) is 0 Å². The minimum atomic E-state index is -1.13. The number of amides is 4.